The molecule has 0 atom stereocenters. The SMILES string of the molecule is O=C1NCCc2c1ccnc2-c1cc(Nc2cc(F)cc(C(F)(F)F)c2)ncn1. The van der Waals surface area contributed by atoms with Gasteiger partial charge in [0.1, 0.15) is 18.0 Å². The zero-order valence-electron chi connectivity index (χ0n) is 14.7. The van der Waals surface area contributed by atoms with Crippen LogP contribution >= 0.6 is 0 Å². The molecule has 29 heavy (non-hydrogen) atoms. The largest absolute Gasteiger partial charge is 0.416 e. The third-order valence-corrected chi connectivity index (χ3v) is 4.37. The highest BCUT2D eigenvalue weighted by molar-refractivity contribution is 5.98. The molecule has 0 fully saturated rings. The van der Waals surface area contributed by atoms with Crippen LogP contribution in [0.4, 0.5) is 29.1 Å². The van der Waals surface area contributed by atoms with Gasteiger partial charge in [-0.3, -0.25) is 9.78 Å². The monoisotopic (exact) mass is 403 g/mol. The molecule has 0 aliphatic carbocycles. The molecule has 0 saturated carbocycles. The van der Waals surface area contributed by atoms with E-state index in [0.717, 1.165) is 17.7 Å². The summed E-state index contributed by atoms with van der Waals surface area (Å²) < 4.78 is 52.3. The Hall–Kier alpha value is -3.56. The number of carbonyl (C=O) groups is 1. The first-order valence-corrected chi connectivity index (χ1v) is 8.54. The quantitative estimate of drug-likeness (QED) is 0.652. The van der Waals surface area contributed by atoms with Gasteiger partial charge in [0.25, 0.3) is 5.91 Å². The number of hydrogen-bond acceptors (Lipinski definition) is 5. The zero-order valence-corrected chi connectivity index (χ0v) is 14.7. The summed E-state index contributed by atoms with van der Waals surface area (Å²) >= 11 is 0. The number of carbonyl (C=O) groups excluding carboxylic acids is 1. The summed E-state index contributed by atoms with van der Waals surface area (Å²) in [5, 5.41) is 5.40. The Bertz CT molecular complexity index is 1100. The fourth-order valence-corrected chi connectivity index (χ4v) is 3.10. The number of rotatable bonds is 3. The second kappa shape index (κ2) is 7.12. The molecule has 4 rings (SSSR count). The summed E-state index contributed by atoms with van der Waals surface area (Å²) in [7, 11) is 0. The van der Waals surface area contributed by atoms with Gasteiger partial charge in [0.05, 0.1) is 17.0 Å². The highest BCUT2D eigenvalue weighted by Crippen LogP contribution is 2.33. The van der Waals surface area contributed by atoms with E-state index in [9.17, 15) is 22.4 Å². The zero-order chi connectivity index (χ0) is 20.6. The number of benzene rings is 1. The van der Waals surface area contributed by atoms with Crippen molar-refractivity contribution in [3.05, 3.63) is 65.4 Å². The van der Waals surface area contributed by atoms with Crippen molar-refractivity contribution in [2.75, 3.05) is 11.9 Å². The first-order chi connectivity index (χ1) is 13.8. The minimum atomic E-state index is -4.68. The van der Waals surface area contributed by atoms with Crippen LogP contribution in [0.5, 0.6) is 0 Å². The van der Waals surface area contributed by atoms with E-state index in [1.54, 1.807) is 6.07 Å². The molecule has 148 valence electrons. The molecule has 0 radical (unpaired) electrons. The first-order valence-electron chi connectivity index (χ1n) is 8.54. The van der Waals surface area contributed by atoms with Crippen LogP contribution in [-0.2, 0) is 12.6 Å². The van der Waals surface area contributed by atoms with Gasteiger partial charge in [-0.15, -0.1) is 0 Å². The van der Waals surface area contributed by atoms with Crippen molar-refractivity contribution in [1.82, 2.24) is 20.3 Å². The van der Waals surface area contributed by atoms with E-state index in [4.69, 9.17) is 0 Å². The second-order valence-corrected chi connectivity index (χ2v) is 6.33. The lowest BCUT2D eigenvalue weighted by Crippen LogP contribution is -2.32. The predicted octanol–water partition coefficient (Wildman–Crippen LogP) is 3.73. The van der Waals surface area contributed by atoms with E-state index >= 15 is 0 Å². The van der Waals surface area contributed by atoms with Crippen LogP contribution in [0.3, 0.4) is 0 Å². The molecule has 2 aromatic heterocycles. The summed E-state index contributed by atoms with van der Waals surface area (Å²) in [6.07, 6.45) is -1.42. The number of pyridine rings is 1. The van der Waals surface area contributed by atoms with Crippen LogP contribution < -0.4 is 10.6 Å². The predicted molar refractivity (Wildman–Crippen MR) is 96.0 cm³/mol. The van der Waals surface area contributed by atoms with Crippen LogP contribution in [0.25, 0.3) is 11.4 Å². The van der Waals surface area contributed by atoms with Crippen molar-refractivity contribution < 1.29 is 22.4 Å². The van der Waals surface area contributed by atoms with Gasteiger partial charge in [0, 0.05) is 30.1 Å². The molecule has 0 spiro atoms. The molecular formula is C19H13F4N5O. The average Bonchev–Trinajstić information content (AvgIpc) is 2.67. The van der Waals surface area contributed by atoms with Crippen molar-refractivity contribution in [2.45, 2.75) is 12.6 Å². The summed E-state index contributed by atoms with van der Waals surface area (Å²) in [6, 6.07) is 5.23. The van der Waals surface area contributed by atoms with E-state index < -0.39 is 17.6 Å². The normalized spacial score (nSPS) is 13.6. The van der Waals surface area contributed by atoms with Gasteiger partial charge >= 0.3 is 6.18 Å². The van der Waals surface area contributed by atoms with Crippen LogP contribution in [-0.4, -0.2) is 27.4 Å². The van der Waals surface area contributed by atoms with E-state index in [1.165, 1.54) is 18.6 Å². The number of alkyl halides is 3. The molecule has 1 aliphatic rings. The van der Waals surface area contributed by atoms with Gasteiger partial charge < -0.3 is 10.6 Å². The second-order valence-electron chi connectivity index (χ2n) is 6.33. The first kappa shape index (κ1) is 18.8. The molecule has 6 nitrogen and oxygen atoms in total. The van der Waals surface area contributed by atoms with Crippen LogP contribution in [0.15, 0.2) is 42.9 Å². The highest BCUT2D eigenvalue weighted by atomic mass is 19.4. The van der Waals surface area contributed by atoms with Gasteiger partial charge in [-0.05, 0) is 36.2 Å². The maximum Gasteiger partial charge on any atom is 0.416 e. The number of anilines is 2. The fraction of sp³-hybridized carbons (Fsp3) is 0.158. The van der Waals surface area contributed by atoms with Crippen molar-refractivity contribution >= 4 is 17.4 Å². The molecule has 2 N–H and O–H groups in total. The lowest BCUT2D eigenvalue weighted by molar-refractivity contribution is -0.137. The minimum absolute atomic E-state index is 0.107. The lowest BCUT2D eigenvalue weighted by atomic mass is 9.98. The Morgan fingerprint density at radius 3 is 2.69 bits per heavy atom. The standard InChI is InChI=1S/C19H13F4N5O/c20-11-5-10(19(21,22)23)6-12(7-11)28-16-8-15(26-9-27-16)17-13-1-4-25-18(29)14(13)2-3-24-17/h2-3,5-9H,1,4H2,(H,25,29)(H,26,27,28). The number of hydrogen-bond donors (Lipinski definition) is 2. The topological polar surface area (TPSA) is 79.8 Å². The lowest BCUT2D eigenvalue weighted by Gasteiger charge is -2.18. The van der Waals surface area contributed by atoms with Crippen molar-refractivity contribution in [2.24, 2.45) is 0 Å². The molecule has 0 unspecified atom stereocenters. The van der Waals surface area contributed by atoms with Gasteiger partial charge in [-0.2, -0.15) is 13.2 Å². The summed E-state index contributed by atoms with van der Waals surface area (Å²) in [5.74, 6) is -1.07. The summed E-state index contributed by atoms with van der Waals surface area (Å²) in [5.41, 5.74) is 0.878. The average molecular weight is 403 g/mol. The van der Waals surface area contributed by atoms with Crippen molar-refractivity contribution in [3.8, 4) is 11.4 Å². The Balaban J connectivity index is 1.69. The third-order valence-electron chi connectivity index (χ3n) is 4.37. The molecule has 1 aromatic carbocycles. The third kappa shape index (κ3) is 3.86. The molecule has 1 aliphatic heterocycles. The van der Waals surface area contributed by atoms with Crippen molar-refractivity contribution in [3.63, 3.8) is 0 Å². The van der Waals surface area contributed by atoms with E-state index in [-0.39, 0.29) is 17.4 Å². The van der Waals surface area contributed by atoms with Crippen LogP contribution in [0, 0.1) is 5.82 Å². The number of nitrogens with one attached hydrogen (secondary N) is 2. The Morgan fingerprint density at radius 2 is 1.90 bits per heavy atom. The van der Waals surface area contributed by atoms with Gasteiger partial charge in [-0.1, -0.05) is 0 Å². The van der Waals surface area contributed by atoms with Crippen LogP contribution in [0.1, 0.15) is 21.5 Å². The van der Waals surface area contributed by atoms with E-state index in [2.05, 4.69) is 25.6 Å². The maximum absolute atomic E-state index is 13.6. The summed E-state index contributed by atoms with van der Waals surface area (Å²) in [6.45, 7) is 0.463. The number of amides is 1. The van der Waals surface area contributed by atoms with Crippen molar-refractivity contribution in [1.29, 1.82) is 0 Å². The van der Waals surface area contributed by atoms with Gasteiger partial charge in [0.15, 0.2) is 0 Å². The van der Waals surface area contributed by atoms with Gasteiger partial charge in [0.2, 0.25) is 0 Å². The molecule has 10 heteroatoms. The Morgan fingerprint density at radius 1 is 1.07 bits per heavy atom. The summed E-state index contributed by atoms with van der Waals surface area (Å²) in [4.78, 5) is 24.4. The van der Waals surface area contributed by atoms with Crippen LogP contribution in [0.2, 0.25) is 0 Å². The maximum atomic E-state index is 13.6. The Kier molecular flexibility index (Phi) is 4.61. The number of fused-ring (bicyclic) bond motifs is 1. The number of nitrogens with zero attached hydrogens (tertiary/aromatic N) is 3. The van der Waals surface area contributed by atoms with Gasteiger partial charge in [-0.25, -0.2) is 14.4 Å². The van der Waals surface area contributed by atoms with E-state index in [0.29, 0.717) is 36.0 Å². The van der Waals surface area contributed by atoms with E-state index in [1.807, 2.05) is 0 Å². The molecule has 1 amide bonds. The molecule has 0 bridgehead atoms. The number of halogens is 4. The molecule has 3 heterocycles. The highest BCUT2D eigenvalue weighted by Gasteiger charge is 2.31. The smallest absolute Gasteiger partial charge is 0.352 e. The fourth-order valence-electron chi connectivity index (χ4n) is 3.10. The molecule has 0 saturated heterocycles. The molecule has 3 aromatic rings. The Labute approximate surface area is 162 Å². The molecular weight excluding hydrogens is 390 g/mol. The minimum Gasteiger partial charge on any atom is -0.352 e. The number of aromatic nitrogens is 3.